The van der Waals surface area contributed by atoms with Gasteiger partial charge >= 0.3 is 0 Å². The summed E-state index contributed by atoms with van der Waals surface area (Å²) in [5.74, 6) is 0. The molecule has 0 amide bonds. The second kappa shape index (κ2) is 9.10. The molecule has 0 radical (unpaired) electrons. The van der Waals surface area contributed by atoms with Gasteiger partial charge < -0.3 is 5.73 Å². The standard InChI is InChI=1S/C10H23N3O2S.ClH/c11-7-3-4-8-12-16(14,15)13-9-5-1-2-6-10-13;/h12H,1-11H2;1H. The Labute approximate surface area is 111 Å². The molecule has 0 unspecified atom stereocenters. The van der Waals surface area contributed by atoms with E-state index >= 15 is 0 Å². The number of hydrogen-bond donors (Lipinski definition) is 2. The molecule has 17 heavy (non-hydrogen) atoms. The first-order valence-corrected chi connectivity index (χ1v) is 7.55. The Hall–Kier alpha value is 0.120. The summed E-state index contributed by atoms with van der Waals surface area (Å²) in [4.78, 5) is 0. The zero-order valence-corrected chi connectivity index (χ0v) is 11.9. The molecular weight excluding hydrogens is 262 g/mol. The molecule has 0 bridgehead atoms. The van der Waals surface area contributed by atoms with Crippen LogP contribution in [0.15, 0.2) is 0 Å². The van der Waals surface area contributed by atoms with Gasteiger partial charge in [-0.05, 0) is 32.2 Å². The summed E-state index contributed by atoms with van der Waals surface area (Å²) in [6, 6.07) is 0. The third kappa shape index (κ3) is 6.57. The monoisotopic (exact) mass is 285 g/mol. The Morgan fingerprint density at radius 1 is 1.06 bits per heavy atom. The summed E-state index contributed by atoms with van der Waals surface area (Å²) in [6.07, 6.45) is 5.90. The Kier molecular flexibility index (Phi) is 9.17. The fourth-order valence-corrected chi connectivity index (χ4v) is 3.17. The van der Waals surface area contributed by atoms with E-state index in [4.69, 9.17) is 5.73 Å². The van der Waals surface area contributed by atoms with Gasteiger partial charge in [0.05, 0.1) is 0 Å². The largest absolute Gasteiger partial charge is 0.330 e. The Bertz CT molecular complexity index is 277. The summed E-state index contributed by atoms with van der Waals surface area (Å²) in [6.45, 7) is 2.43. The van der Waals surface area contributed by atoms with Crippen LogP contribution in [-0.4, -0.2) is 38.9 Å². The molecule has 0 aromatic heterocycles. The molecule has 1 heterocycles. The summed E-state index contributed by atoms with van der Waals surface area (Å²) in [5.41, 5.74) is 5.35. The smallest absolute Gasteiger partial charge is 0.279 e. The highest BCUT2D eigenvalue weighted by atomic mass is 35.5. The van der Waals surface area contributed by atoms with Gasteiger partial charge in [-0.1, -0.05) is 12.8 Å². The van der Waals surface area contributed by atoms with Crippen LogP contribution in [0, 0.1) is 0 Å². The molecule has 1 fully saturated rings. The van der Waals surface area contributed by atoms with E-state index in [0.717, 1.165) is 38.5 Å². The normalized spacial score (nSPS) is 18.4. The van der Waals surface area contributed by atoms with Gasteiger partial charge in [0, 0.05) is 19.6 Å². The molecule has 0 saturated carbocycles. The molecule has 104 valence electrons. The van der Waals surface area contributed by atoms with Crippen LogP contribution in [0.4, 0.5) is 0 Å². The predicted octanol–water partition coefficient (Wildman–Crippen LogP) is 0.857. The Balaban J connectivity index is 0.00000256. The molecule has 3 N–H and O–H groups in total. The summed E-state index contributed by atoms with van der Waals surface area (Å²) in [5, 5.41) is 0. The van der Waals surface area contributed by atoms with Crippen LogP contribution in [-0.2, 0) is 10.2 Å². The minimum Gasteiger partial charge on any atom is -0.330 e. The van der Waals surface area contributed by atoms with Crippen molar-refractivity contribution in [1.29, 1.82) is 0 Å². The van der Waals surface area contributed by atoms with Crippen LogP contribution >= 0.6 is 12.4 Å². The second-order valence-electron chi connectivity index (χ2n) is 4.21. The maximum absolute atomic E-state index is 11.9. The van der Waals surface area contributed by atoms with E-state index in [2.05, 4.69) is 4.72 Å². The van der Waals surface area contributed by atoms with Crippen molar-refractivity contribution < 1.29 is 8.42 Å². The van der Waals surface area contributed by atoms with E-state index in [0.29, 0.717) is 26.2 Å². The van der Waals surface area contributed by atoms with Gasteiger partial charge in [-0.25, -0.2) is 4.72 Å². The van der Waals surface area contributed by atoms with E-state index in [9.17, 15) is 8.42 Å². The van der Waals surface area contributed by atoms with Crippen molar-refractivity contribution in [2.24, 2.45) is 5.73 Å². The molecule has 1 saturated heterocycles. The number of nitrogens with zero attached hydrogens (tertiary/aromatic N) is 1. The first-order chi connectivity index (χ1) is 7.67. The van der Waals surface area contributed by atoms with Gasteiger partial charge in [-0.15, -0.1) is 12.4 Å². The van der Waals surface area contributed by atoms with Crippen LogP contribution in [0.2, 0.25) is 0 Å². The van der Waals surface area contributed by atoms with Crippen molar-refractivity contribution in [3.05, 3.63) is 0 Å². The first kappa shape index (κ1) is 17.1. The SMILES string of the molecule is Cl.NCCCCNS(=O)(=O)N1CCCCCC1. The lowest BCUT2D eigenvalue weighted by atomic mass is 10.2. The second-order valence-corrected chi connectivity index (χ2v) is 5.96. The third-order valence-corrected chi connectivity index (χ3v) is 4.43. The quantitative estimate of drug-likeness (QED) is 0.711. The lowest BCUT2D eigenvalue weighted by Gasteiger charge is -2.20. The van der Waals surface area contributed by atoms with Gasteiger partial charge in [0.25, 0.3) is 10.2 Å². The van der Waals surface area contributed by atoms with Crippen LogP contribution in [0.1, 0.15) is 38.5 Å². The van der Waals surface area contributed by atoms with E-state index in [-0.39, 0.29) is 12.4 Å². The first-order valence-electron chi connectivity index (χ1n) is 6.11. The van der Waals surface area contributed by atoms with Crippen molar-refractivity contribution in [3.8, 4) is 0 Å². The summed E-state index contributed by atoms with van der Waals surface area (Å²) in [7, 11) is -3.24. The van der Waals surface area contributed by atoms with Gasteiger partial charge in [0.1, 0.15) is 0 Å². The minimum atomic E-state index is -3.24. The van der Waals surface area contributed by atoms with Crippen LogP contribution in [0.5, 0.6) is 0 Å². The van der Waals surface area contributed by atoms with Crippen molar-refractivity contribution in [2.75, 3.05) is 26.2 Å². The molecule has 1 aliphatic rings. The lowest BCUT2D eigenvalue weighted by molar-refractivity contribution is 0.414. The van der Waals surface area contributed by atoms with Crippen molar-refractivity contribution in [1.82, 2.24) is 9.03 Å². The van der Waals surface area contributed by atoms with Crippen molar-refractivity contribution in [2.45, 2.75) is 38.5 Å². The van der Waals surface area contributed by atoms with E-state index in [1.54, 1.807) is 4.31 Å². The topological polar surface area (TPSA) is 75.4 Å². The molecule has 1 rings (SSSR count). The molecule has 1 aliphatic heterocycles. The lowest BCUT2D eigenvalue weighted by Crippen LogP contribution is -2.41. The van der Waals surface area contributed by atoms with Gasteiger partial charge in [0.2, 0.25) is 0 Å². The fourth-order valence-electron chi connectivity index (χ4n) is 1.84. The molecule has 5 nitrogen and oxygen atoms in total. The molecule has 0 atom stereocenters. The number of halogens is 1. The maximum Gasteiger partial charge on any atom is 0.279 e. The van der Waals surface area contributed by atoms with Crippen LogP contribution in [0.3, 0.4) is 0 Å². The number of hydrogen-bond acceptors (Lipinski definition) is 3. The van der Waals surface area contributed by atoms with E-state index < -0.39 is 10.2 Å². The molecule has 0 aliphatic carbocycles. The van der Waals surface area contributed by atoms with E-state index in [1.807, 2.05) is 0 Å². The highest BCUT2D eigenvalue weighted by Crippen LogP contribution is 2.12. The number of nitrogens with one attached hydrogen (secondary N) is 1. The van der Waals surface area contributed by atoms with Crippen LogP contribution in [0.25, 0.3) is 0 Å². The van der Waals surface area contributed by atoms with Crippen molar-refractivity contribution >= 4 is 22.6 Å². The third-order valence-electron chi connectivity index (χ3n) is 2.82. The number of unbranched alkanes of at least 4 members (excludes halogenated alkanes) is 1. The highest BCUT2D eigenvalue weighted by molar-refractivity contribution is 7.87. The maximum atomic E-state index is 11.9. The summed E-state index contributed by atoms with van der Waals surface area (Å²) < 4.78 is 28.0. The Morgan fingerprint density at radius 3 is 2.18 bits per heavy atom. The zero-order chi connectivity index (χ0) is 11.9. The summed E-state index contributed by atoms with van der Waals surface area (Å²) >= 11 is 0. The van der Waals surface area contributed by atoms with Gasteiger partial charge in [0.15, 0.2) is 0 Å². The van der Waals surface area contributed by atoms with Crippen LogP contribution < -0.4 is 10.5 Å². The Morgan fingerprint density at radius 2 is 1.65 bits per heavy atom. The molecular formula is C10H24ClN3O2S. The molecule has 7 heteroatoms. The molecule has 0 spiro atoms. The van der Waals surface area contributed by atoms with Crippen molar-refractivity contribution in [3.63, 3.8) is 0 Å². The number of rotatable bonds is 6. The fraction of sp³-hybridized carbons (Fsp3) is 1.00. The highest BCUT2D eigenvalue weighted by Gasteiger charge is 2.21. The predicted molar refractivity (Wildman–Crippen MR) is 72.5 cm³/mol. The van der Waals surface area contributed by atoms with Gasteiger partial charge in [-0.3, -0.25) is 0 Å². The number of nitrogens with two attached hydrogens (primary N) is 1. The minimum absolute atomic E-state index is 0. The van der Waals surface area contributed by atoms with E-state index in [1.165, 1.54) is 0 Å². The molecule has 0 aromatic rings. The molecule has 0 aromatic carbocycles. The van der Waals surface area contributed by atoms with Gasteiger partial charge in [-0.2, -0.15) is 12.7 Å². The average molecular weight is 286 g/mol. The zero-order valence-electron chi connectivity index (χ0n) is 10.2. The average Bonchev–Trinajstić information content (AvgIpc) is 2.53.